The monoisotopic (exact) mass is 352 g/mol. The molecule has 2 N–H and O–H groups in total. The highest BCUT2D eigenvalue weighted by Gasteiger charge is 2.14. The molecule has 0 unspecified atom stereocenters. The highest BCUT2D eigenvalue weighted by Crippen LogP contribution is 2.25. The van der Waals surface area contributed by atoms with Crippen LogP contribution in [-0.2, 0) is 7.05 Å². The van der Waals surface area contributed by atoms with Gasteiger partial charge in [-0.3, -0.25) is 9.48 Å². The van der Waals surface area contributed by atoms with E-state index in [1.54, 1.807) is 19.2 Å². The van der Waals surface area contributed by atoms with Crippen LogP contribution in [0.5, 0.6) is 11.5 Å². The van der Waals surface area contributed by atoms with Crippen molar-refractivity contribution < 1.29 is 14.6 Å². The molecular weight excluding hydrogens is 340 g/mol. The van der Waals surface area contributed by atoms with Crippen LogP contribution >= 0.6 is 15.9 Å². The van der Waals surface area contributed by atoms with Crippen molar-refractivity contribution in [3.8, 4) is 11.5 Å². The lowest BCUT2D eigenvalue weighted by Crippen LogP contribution is -2.21. The number of carbonyl (C=O) groups excluding carboxylic acids is 1. The number of methoxy groups -OCH3 is 1. The quantitative estimate of drug-likeness (QED) is 0.646. The Balaban J connectivity index is 2.07. The number of hydrogen-bond donors (Lipinski definition) is 2. The van der Waals surface area contributed by atoms with Gasteiger partial charge in [0, 0.05) is 7.05 Å². The normalized spacial score (nSPS) is 10.8. The molecule has 1 heterocycles. The number of aromatic nitrogens is 2. The fraction of sp³-hybridized carbons (Fsp3) is 0.154. The van der Waals surface area contributed by atoms with Gasteiger partial charge in [-0.25, -0.2) is 5.43 Å². The summed E-state index contributed by atoms with van der Waals surface area (Å²) in [6.45, 7) is 0. The molecule has 0 radical (unpaired) electrons. The highest BCUT2D eigenvalue weighted by atomic mass is 79.9. The van der Waals surface area contributed by atoms with E-state index in [4.69, 9.17) is 4.74 Å². The summed E-state index contributed by atoms with van der Waals surface area (Å²) in [5.41, 5.74) is 3.45. The summed E-state index contributed by atoms with van der Waals surface area (Å²) < 4.78 is 7.02. The molecule has 7 nitrogen and oxygen atoms in total. The van der Waals surface area contributed by atoms with E-state index >= 15 is 0 Å². The summed E-state index contributed by atoms with van der Waals surface area (Å²) in [5.74, 6) is -0.0129. The minimum atomic E-state index is -0.385. The number of amides is 1. The second-order valence-electron chi connectivity index (χ2n) is 4.10. The molecule has 0 aliphatic carbocycles. The first-order chi connectivity index (χ1) is 10.0. The number of aromatic hydroxyl groups is 1. The number of nitrogens with zero attached hydrogens (tertiary/aromatic N) is 3. The molecule has 0 aliphatic rings. The van der Waals surface area contributed by atoms with Crippen molar-refractivity contribution in [2.45, 2.75) is 0 Å². The predicted octanol–water partition coefficient (Wildman–Crippen LogP) is 1.66. The van der Waals surface area contributed by atoms with Crippen molar-refractivity contribution in [2.24, 2.45) is 12.1 Å². The summed E-state index contributed by atoms with van der Waals surface area (Å²) in [7, 11) is 3.12. The zero-order valence-corrected chi connectivity index (χ0v) is 13.0. The van der Waals surface area contributed by atoms with E-state index in [-0.39, 0.29) is 11.7 Å². The van der Waals surface area contributed by atoms with Crippen LogP contribution in [0.2, 0.25) is 0 Å². The Morgan fingerprint density at radius 3 is 2.95 bits per heavy atom. The Morgan fingerprint density at radius 2 is 2.33 bits per heavy atom. The third kappa shape index (κ3) is 3.40. The fourth-order valence-corrected chi connectivity index (χ4v) is 2.19. The molecule has 2 aromatic rings. The number of halogens is 1. The molecule has 1 aromatic carbocycles. The summed E-state index contributed by atoms with van der Waals surface area (Å²) in [6.07, 6.45) is 2.98. The van der Waals surface area contributed by atoms with Gasteiger partial charge in [-0.2, -0.15) is 10.2 Å². The second kappa shape index (κ2) is 6.40. The van der Waals surface area contributed by atoms with Crippen molar-refractivity contribution >= 4 is 28.1 Å². The lowest BCUT2D eigenvalue weighted by Gasteiger charge is -2.04. The van der Waals surface area contributed by atoms with Crippen LogP contribution in [-0.4, -0.2) is 34.1 Å². The third-order valence-corrected chi connectivity index (χ3v) is 3.27. The SMILES string of the molecule is COc1cc(/C=N\NC(=O)c2c(Br)cnn2C)ccc1O. The van der Waals surface area contributed by atoms with E-state index < -0.39 is 0 Å². The van der Waals surface area contributed by atoms with E-state index in [1.807, 2.05) is 0 Å². The fourth-order valence-electron chi connectivity index (χ4n) is 1.66. The van der Waals surface area contributed by atoms with Gasteiger partial charge in [0.2, 0.25) is 0 Å². The first-order valence-electron chi connectivity index (χ1n) is 5.91. The molecule has 0 saturated carbocycles. The average Bonchev–Trinajstić information content (AvgIpc) is 2.80. The molecule has 0 fully saturated rings. The van der Waals surface area contributed by atoms with Crippen LogP contribution < -0.4 is 10.2 Å². The van der Waals surface area contributed by atoms with Crippen LogP contribution in [0, 0.1) is 0 Å². The Hall–Kier alpha value is -2.35. The molecular formula is C13H13BrN4O3. The van der Waals surface area contributed by atoms with Gasteiger partial charge in [0.05, 0.1) is 24.0 Å². The Labute approximate surface area is 129 Å². The first kappa shape index (κ1) is 15.0. The summed E-state index contributed by atoms with van der Waals surface area (Å²) >= 11 is 3.24. The molecule has 0 saturated heterocycles. The summed E-state index contributed by atoms with van der Waals surface area (Å²) in [6, 6.07) is 4.73. The minimum Gasteiger partial charge on any atom is -0.504 e. The molecule has 110 valence electrons. The van der Waals surface area contributed by atoms with Gasteiger partial charge in [-0.05, 0) is 39.7 Å². The maximum Gasteiger partial charge on any atom is 0.290 e. The first-order valence-corrected chi connectivity index (χ1v) is 6.70. The van der Waals surface area contributed by atoms with Crippen molar-refractivity contribution in [3.05, 3.63) is 40.1 Å². The molecule has 0 aliphatic heterocycles. The van der Waals surface area contributed by atoms with Gasteiger partial charge in [0.1, 0.15) is 5.69 Å². The number of ether oxygens (including phenoxy) is 1. The van der Waals surface area contributed by atoms with E-state index in [0.717, 1.165) is 0 Å². The van der Waals surface area contributed by atoms with Gasteiger partial charge >= 0.3 is 0 Å². The van der Waals surface area contributed by atoms with Gasteiger partial charge < -0.3 is 9.84 Å². The zero-order chi connectivity index (χ0) is 15.4. The van der Waals surface area contributed by atoms with E-state index in [1.165, 1.54) is 30.3 Å². The molecule has 0 atom stereocenters. The number of benzene rings is 1. The van der Waals surface area contributed by atoms with Crippen LogP contribution in [0.25, 0.3) is 0 Å². The second-order valence-corrected chi connectivity index (χ2v) is 4.95. The Kier molecular flexibility index (Phi) is 4.59. The zero-order valence-electron chi connectivity index (χ0n) is 11.4. The van der Waals surface area contributed by atoms with Crippen LogP contribution in [0.15, 0.2) is 34.0 Å². The molecule has 0 bridgehead atoms. The molecule has 8 heteroatoms. The molecule has 1 aromatic heterocycles. The topological polar surface area (TPSA) is 88.7 Å². The number of nitrogens with one attached hydrogen (secondary N) is 1. The highest BCUT2D eigenvalue weighted by molar-refractivity contribution is 9.10. The summed E-state index contributed by atoms with van der Waals surface area (Å²) in [5, 5.41) is 17.3. The number of phenolic OH excluding ortho intramolecular Hbond substituents is 1. The number of phenols is 1. The number of hydrazone groups is 1. The van der Waals surface area contributed by atoms with Gasteiger partial charge in [-0.1, -0.05) is 0 Å². The Bertz CT molecular complexity index is 677. The standard InChI is InChI=1S/C13H13BrN4O3/c1-18-12(9(14)7-16-18)13(20)17-15-6-8-3-4-10(19)11(5-8)21-2/h3-7,19H,1-2H3,(H,17,20)/b15-6-. The van der Waals surface area contributed by atoms with E-state index in [0.29, 0.717) is 21.5 Å². The maximum absolute atomic E-state index is 11.9. The number of hydrogen-bond acceptors (Lipinski definition) is 5. The van der Waals surface area contributed by atoms with Crippen molar-refractivity contribution in [1.29, 1.82) is 0 Å². The predicted molar refractivity (Wildman–Crippen MR) is 80.6 cm³/mol. The average molecular weight is 353 g/mol. The summed E-state index contributed by atoms with van der Waals surface area (Å²) in [4.78, 5) is 11.9. The van der Waals surface area contributed by atoms with Gasteiger partial charge in [0.25, 0.3) is 5.91 Å². The minimum absolute atomic E-state index is 0.0394. The molecule has 1 amide bonds. The number of carbonyl (C=O) groups is 1. The van der Waals surface area contributed by atoms with E-state index in [9.17, 15) is 9.90 Å². The van der Waals surface area contributed by atoms with Crippen molar-refractivity contribution in [2.75, 3.05) is 7.11 Å². The third-order valence-electron chi connectivity index (χ3n) is 2.69. The van der Waals surface area contributed by atoms with Crippen molar-refractivity contribution in [3.63, 3.8) is 0 Å². The van der Waals surface area contributed by atoms with Gasteiger partial charge in [-0.15, -0.1) is 0 Å². The number of rotatable bonds is 4. The Morgan fingerprint density at radius 1 is 1.57 bits per heavy atom. The smallest absolute Gasteiger partial charge is 0.290 e. The lowest BCUT2D eigenvalue weighted by atomic mass is 10.2. The van der Waals surface area contributed by atoms with Crippen LogP contribution in [0.3, 0.4) is 0 Å². The molecule has 0 spiro atoms. The van der Waals surface area contributed by atoms with Crippen molar-refractivity contribution in [1.82, 2.24) is 15.2 Å². The largest absolute Gasteiger partial charge is 0.504 e. The maximum atomic E-state index is 11.9. The molecule has 21 heavy (non-hydrogen) atoms. The van der Waals surface area contributed by atoms with E-state index in [2.05, 4.69) is 31.6 Å². The lowest BCUT2D eigenvalue weighted by molar-refractivity contribution is 0.0945. The van der Waals surface area contributed by atoms with Crippen LogP contribution in [0.1, 0.15) is 16.1 Å². The molecule has 2 rings (SSSR count). The number of aryl methyl sites for hydroxylation is 1. The van der Waals surface area contributed by atoms with Crippen LogP contribution in [0.4, 0.5) is 0 Å². The van der Waals surface area contributed by atoms with Gasteiger partial charge in [0.15, 0.2) is 11.5 Å².